The molecule has 2 unspecified atom stereocenters. The molecule has 0 radical (unpaired) electrons. The summed E-state index contributed by atoms with van der Waals surface area (Å²) in [5, 5.41) is 10.5. The third-order valence-electron chi connectivity index (χ3n) is 15.4. The smallest absolute Gasteiger partial charge is 0.462 e. The Hall–Kier alpha value is -2.46. The molecule has 0 bridgehead atoms. The van der Waals surface area contributed by atoms with Gasteiger partial charge in [0.2, 0.25) is 0 Å². The third-order valence-corrected chi connectivity index (χ3v) is 17.3. The molecule has 0 heterocycles. The Morgan fingerprint density at radius 2 is 0.614 bits per heavy atom. The van der Waals surface area contributed by atoms with E-state index in [9.17, 15) is 43.2 Å². The lowest BCUT2D eigenvalue weighted by molar-refractivity contribution is -0.161. The number of ether oxygens (including phenoxy) is 4. The quantitative estimate of drug-likeness (QED) is 0.0169. The van der Waals surface area contributed by atoms with Crippen LogP contribution < -0.4 is 0 Å². The average Bonchev–Trinajstić information content (AvgIpc) is 3.59. The number of esters is 4. The van der Waals surface area contributed by atoms with E-state index in [2.05, 4.69) is 58.9 Å². The summed E-state index contributed by atoms with van der Waals surface area (Å²) in [6.07, 6.45) is 51.5. The van der Waals surface area contributed by atoms with Crippen LogP contribution in [0.1, 0.15) is 330 Å². The highest BCUT2D eigenvalue weighted by Gasteiger charge is 2.30. The van der Waals surface area contributed by atoms with Crippen LogP contribution in [0.4, 0.5) is 0 Å². The minimum atomic E-state index is -4.96. The molecule has 0 aliphatic rings. The lowest BCUT2D eigenvalue weighted by Gasteiger charge is -2.21. The Labute approximate surface area is 535 Å². The molecule has 0 fully saturated rings. The summed E-state index contributed by atoms with van der Waals surface area (Å²) in [6.45, 7) is 6.98. The summed E-state index contributed by atoms with van der Waals surface area (Å²) in [6, 6.07) is 0. The first-order valence-corrected chi connectivity index (χ1v) is 38.4. The molecule has 518 valence electrons. The average molecular weight is 1290 g/mol. The minimum Gasteiger partial charge on any atom is -0.462 e. The van der Waals surface area contributed by atoms with Crippen LogP contribution in [0.15, 0.2) is 24.3 Å². The number of phosphoric ester groups is 2. The molecule has 19 heteroatoms. The van der Waals surface area contributed by atoms with Crippen LogP contribution in [-0.4, -0.2) is 96.7 Å². The van der Waals surface area contributed by atoms with Gasteiger partial charge in [0.05, 0.1) is 26.4 Å². The van der Waals surface area contributed by atoms with Crippen molar-refractivity contribution in [2.24, 2.45) is 5.92 Å². The topological polar surface area (TPSA) is 237 Å². The van der Waals surface area contributed by atoms with Gasteiger partial charge in [-0.2, -0.15) is 0 Å². The van der Waals surface area contributed by atoms with Gasteiger partial charge in [-0.05, 0) is 57.3 Å². The predicted molar refractivity (Wildman–Crippen MR) is 354 cm³/mol. The maximum atomic E-state index is 13.0. The molecule has 88 heavy (non-hydrogen) atoms. The summed E-state index contributed by atoms with van der Waals surface area (Å²) in [5.41, 5.74) is 0. The van der Waals surface area contributed by atoms with Gasteiger partial charge < -0.3 is 33.8 Å². The van der Waals surface area contributed by atoms with Crippen molar-refractivity contribution in [1.29, 1.82) is 0 Å². The van der Waals surface area contributed by atoms with Gasteiger partial charge in [0.25, 0.3) is 0 Å². The van der Waals surface area contributed by atoms with Crippen molar-refractivity contribution in [2.45, 2.75) is 348 Å². The zero-order valence-corrected chi connectivity index (χ0v) is 58.1. The second-order valence-corrected chi connectivity index (χ2v) is 27.6. The number of allylic oxidation sites excluding steroid dienone is 4. The molecule has 17 nitrogen and oxygen atoms in total. The molecule has 5 atom stereocenters. The molecule has 0 saturated heterocycles. The summed E-state index contributed by atoms with van der Waals surface area (Å²) >= 11 is 0. The van der Waals surface area contributed by atoms with E-state index in [-0.39, 0.29) is 25.7 Å². The first-order valence-electron chi connectivity index (χ1n) is 35.5. The number of aliphatic hydroxyl groups excluding tert-OH is 1. The first-order chi connectivity index (χ1) is 42.5. The second kappa shape index (κ2) is 62.0. The molecule has 0 saturated carbocycles. The van der Waals surface area contributed by atoms with E-state index in [1.807, 2.05) is 0 Å². The van der Waals surface area contributed by atoms with Crippen LogP contribution in [0.2, 0.25) is 0 Å². The molecular formula is C69H130O17P2. The minimum absolute atomic E-state index is 0.0990. The van der Waals surface area contributed by atoms with Crippen molar-refractivity contribution in [3.63, 3.8) is 0 Å². The summed E-state index contributed by atoms with van der Waals surface area (Å²) < 4.78 is 67.9. The standard InChI is InChI=1S/C69H130O17P2/c1-6-9-12-15-17-19-21-23-25-26-27-28-30-32-34-36-38-44-49-54-68(73)85-65(59-80-67(72)53-48-43-37-35-33-31-29-24-22-20-18-16-13-10-7-2)61-84-88(77,78)82-57-63(70)56-81-87(75,76)83-60-64(58-79-66(71)52-47-41-14-11-8-3)86-69(74)55-50-45-40-39-42-46-51-62(4)5/h20,22,24,29,62-65,70H,6-19,21,23,25-28,30-61H2,1-5H3,(H,75,76)(H,77,78)/b22-20-,29-24-/t63-,64+,65+/m0/s1. The zero-order chi connectivity index (χ0) is 64.9. The summed E-state index contributed by atoms with van der Waals surface area (Å²) in [4.78, 5) is 72.1. The number of carbonyl (C=O) groups is 4. The maximum absolute atomic E-state index is 13.0. The van der Waals surface area contributed by atoms with Gasteiger partial charge in [-0.15, -0.1) is 0 Å². The Bertz CT molecular complexity index is 1800. The summed E-state index contributed by atoms with van der Waals surface area (Å²) in [7, 11) is -9.90. The number of carbonyl (C=O) groups excluding carboxylic acids is 4. The van der Waals surface area contributed by atoms with Gasteiger partial charge in [0, 0.05) is 25.7 Å². The molecule has 0 aliphatic heterocycles. The van der Waals surface area contributed by atoms with Crippen molar-refractivity contribution in [3.8, 4) is 0 Å². The lowest BCUT2D eigenvalue weighted by Crippen LogP contribution is -2.30. The molecule has 0 aromatic rings. The number of aliphatic hydroxyl groups is 1. The predicted octanol–water partition coefficient (Wildman–Crippen LogP) is 19.3. The molecule has 0 spiro atoms. The highest BCUT2D eigenvalue weighted by atomic mass is 31.2. The normalized spacial score (nSPS) is 14.3. The van der Waals surface area contributed by atoms with E-state index in [4.69, 9.17) is 37.0 Å². The number of hydrogen-bond donors (Lipinski definition) is 3. The van der Waals surface area contributed by atoms with E-state index >= 15 is 0 Å². The van der Waals surface area contributed by atoms with Crippen molar-refractivity contribution in [3.05, 3.63) is 24.3 Å². The molecule has 0 rings (SSSR count). The number of rotatable bonds is 67. The lowest BCUT2D eigenvalue weighted by atomic mass is 10.0. The molecule has 0 aromatic carbocycles. The fraction of sp³-hybridized carbons (Fsp3) is 0.884. The largest absolute Gasteiger partial charge is 0.472 e. The molecular weight excluding hydrogens is 1160 g/mol. The van der Waals surface area contributed by atoms with Gasteiger partial charge in [0.15, 0.2) is 12.2 Å². The monoisotopic (exact) mass is 1290 g/mol. The van der Waals surface area contributed by atoms with Gasteiger partial charge in [-0.1, -0.05) is 277 Å². The van der Waals surface area contributed by atoms with Gasteiger partial charge in [-0.25, -0.2) is 9.13 Å². The van der Waals surface area contributed by atoms with Crippen LogP contribution in [0.25, 0.3) is 0 Å². The van der Waals surface area contributed by atoms with Crippen LogP contribution in [0.5, 0.6) is 0 Å². The Morgan fingerprint density at radius 3 is 0.932 bits per heavy atom. The fourth-order valence-electron chi connectivity index (χ4n) is 9.93. The molecule has 3 N–H and O–H groups in total. The van der Waals surface area contributed by atoms with E-state index in [1.165, 1.54) is 128 Å². The van der Waals surface area contributed by atoms with E-state index in [1.54, 1.807) is 0 Å². The van der Waals surface area contributed by atoms with Crippen LogP contribution >= 0.6 is 15.6 Å². The Balaban J connectivity index is 5.17. The SMILES string of the molecule is CCCCCC/C=C\C=C/CCCCCCCC(=O)OC[C@H](COP(=O)(O)OC[C@@H](O)COP(=O)(O)OC[C@@H](COC(=O)CCCCCCC)OC(=O)CCCCCCCCC(C)C)OC(=O)CCCCCCCCCCCCCCCCCCCCC. The fourth-order valence-corrected chi connectivity index (χ4v) is 11.5. The van der Waals surface area contributed by atoms with Crippen LogP contribution in [0, 0.1) is 5.92 Å². The van der Waals surface area contributed by atoms with Gasteiger partial charge in [0.1, 0.15) is 19.3 Å². The van der Waals surface area contributed by atoms with Gasteiger partial charge in [-0.3, -0.25) is 37.3 Å². The Morgan fingerprint density at radius 1 is 0.352 bits per heavy atom. The maximum Gasteiger partial charge on any atom is 0.472 e. The Kier molecular flexibility index (Phi) is 60.3. The van der Waals surface area contributed by atoms with E-state index in [0.717, 1.165) is 116 Å². The van der Waals surface area contributed by atoms with Crippen LogP contribution in [-0.2, 0) is 65.4 Å². The number of phosphoric acid groups is 2. The van der Waals surface area contributed by atoms with Crippen molar-refractivity contribution >= 4 is 39.5 Å². The highest BCUT2D eigenvalue weighted by molar-refractivity contribution is 7.47. The molecule has 0 aliphatic carbocycles. The van der Waals surface area contributed by atoms with Crippen molar-refractivity contribution < 1.29 is 80.2 Å². The molecule has 0 aromatic heterocycles. The zero-order valence-electron chi connectivity index (χ0n) is 56.3. The third kappa shape index (κ3) is 62.4. The van der Waals surface area contributed by atoms with Crippen LogP contribution in [0.3, 0.4) is 0 Å². The number of unbranched alkanes of at least 4 members (excludes halogenated alkanes) is 36. The first kappa shape index (κ1) is 85.5. The van der Waals surface area contributed by atoms with Crippen molar-refractivity contribution in [2.75, 3.05) is 39.6 Å². The van der Waals surface area contributed by atoms with Crippen molar-refractivity contribution in [1.82, 2.24) is 0 Å². The second-order valence-electron chi connectivity index (χ2n) is 24.7. The van der Waals surface area contributed by atoms with E-state index in [0.29, 0.717) is 31.6 Å². The van der Waals surface area contributed by atoms with E-state index < -0.39 is 97.5 Å². The van der Waals surface area contributed by atoms with Gasteiger partial charge >= 0.3 is 39.5 Å². The molecule has 0 amide bonds. The number of hydrogen-bond acceptors (Lipinski definition) is 15. The highest BCUT2D eigenvalue weighted by Crippen LogP contribution is 2.45. The summed E-state index contributed by atoms with van der Waals surface area (Å²) in [5.74, 6) is -1.50.